The first-order chi connectivity index (χ1) is 14.9. The predicted molar refractivity (Wildman–Crippen MR) is 115 cm³/mol. The molecule has 0 amide bonds. The molecule has 0 aliphatic rings. The van der Waals surface area contributed by atoms with E-state index in [1.54, 1.807) is 36.4 Å². The molecular formula is C21H18Cl2N2O6. The van der Waals surface area contributed by atoms with E-state index in [2.05, 4.69) is 10.2 Å². The summed E-state index contributed by atoms with van der Waals surface area (Å²) in [6, 6.07) is 8.34. The Kier molecular flexibility index (Phi) is 7.38. The standard InChI is InChI=1S/C21H18Cl2N2O6/c1-27-16-9-13(10-17(28-2)20(16)29-3)21-25-24-18(31-21)11-30-19(26)7-5-12-4-6-14(22)15(23)8-12/h4-10H,11H2,1-3H3/b7-5+. The molecule has 8 nitrogen and oxygen atoms in total. The highest BCUT2D eigenvalue weighted by molar-refractivity contribution is 6.42. The van der Waals surface area contributed by atoms with Crippen molar-refractivity contribution in [3.63, 3.8) is 0 Å². The van der Waals surface area contributed by atoms with Crippen molar-refractivity contribution >= 4 is 35.2 Å². The molecule has 10 heteroatoms. The van der Waals surface area contributed by atoms with Crippen LogP contribution < -0.4 is 14.2 Å². The molecule has 0 saturated heterocycles. The molecule has 1 heterocycles. The molecule has 31 heavy (non-hydrogen) atoms. The van der Waals surface area contributed by atoms with Crippen LogP contribution in [0.3, 0.4) is 0 Å². The fraction of sp³-hybridized carbons (Fsp3) is 0.190. The molecule has 0 fully saturated rings. The Morgan fingerprint density at radius 3 is 2.32 bits per heavy atom. The third-order valence-electron chi connectivity index (χ3n) is 4.07. The van der Waals surface area contributed by atoms with Gasteiger partial charge < -0.3 is 23.4 Å². The number of methoxy groups -OCH3 is 3. The van der Waals surface area contributed by atoms with Crippen LogP contribution in [0, 0.1) is 0 Å². The number of benzene rings is 2. The lowest BCUT2D eigenvalue weighted by Gasteiger charge is -2.12. The number of carbonyl (C=O) groups excluding carboxylic acids is 1. The summed E-state index contributed by atoms with van der Waals surface area (Å²) in [5.41, 5.74) is 1.26. The Morgan fingerprint density at radius 2 is 1.71 bits per heavy atom. The van der Waals surface area contributed by atoms with Gasteiger partial charge in [0.1, 0.15) is 0 Å². The Labute approximate surface area is 188 Å². The minimum absolute atomic E-state index is 0.125. The smallest absolute Gasteiger partial charge is 0.331 e. The van der Waals surface area contributed by atoms with Crippen LogP contribution in [-0.2, 0) is 16.1 Å². The minimum atomic E-state index is -0.585. The summed E-state index contributed by atoms with van der Waals surface area (Å²) < 4.78 is 26.6. The van der Waals surface area contributed by atoms with Gasteiger partial charge >= 0.3 is 5.97 Å². The van der Waals surface area contributed by atoms with Crippen LogP contribution in [-0.4, -0.2) is 37.5 Å². The van der Waals surface area contributed by atoms with Gasteiger partial charge in [-0.3, -0.25) is 0 Å². The van der Waals surface area contributed by atoms with E-state index in [0.29, 0.717) is 38.4 Å². The van der Waals surface area contributed by atoms with Gasteiger partial charge in [-0.1, -0.05) is 29.3 Å². The minimum Gasteiger partial charge on any atom is -0.493 e. The number of hydrogen-bond donors (Lipinski definition) is 0. The number of nitrogens with zero attached hydrogens (tertiary/aromatic N) is 2. The Hall–Kier alpha value is -3.23. The lowest BCUT2D eigenvalue weighted by atomic mass is 10.2. The van der Waals surface area contributed by atoms with Crippen molar-refractivity contribution in [2.45, 2.75) is 6.61 Å². The van der Waals surface area contributed by atoms with Crippen molar-refractivity contribution in [2.24, 2.45) is 0 Å². The lowest BCUT2D eigenvalue weighted by Crippen LogP contribution is -2.00. The zero-order valence-electron chi connectivity index (χ0n) is 16.8. The average Bonchev–Trinajstić information content (AvgIpc) is 3.26. The van der Waals surface area contributed by atoms with Crippen molar-refractivity contribution in [3.8, 4) is 28.7 Å². The van der Waals surface area contributed by atoms with E-state index in [0.717, 1.165) is 0 Å². The molecule has 3 aromatic rings. The molecule has 0 unspecified atom stereocenters. The molecule has 1 aromatic heterocycles. The number of hydrogen-bond acceptors (Lipinski definition) is 8. The van der Waals surface area contributed by atoms with E-state index in [1.807, 2.05) is 0 Å². The highest BCUT2D eigenvalue weighted by atomic mass is 35.5. The largest absolute Gasteiger partial charge is 0.493 e. The summed E-state index contributed by atoms with van der Waals surface area (Å²) in [4.78, 5) is 12.0. The molecular weight excluding hydrogens is 447 g/mol. The molecule has 0 aliphatic heterocycles. The van der Waals surface area contributed by atoms with Gasteiger partial charge in [-0.2, -0.15) is 0 Å². The summed E-state index contributed by atoms with van der Waals surface area (Å²) in [6.45, 7) is -0.192. The van der Waals surface area contributed by atoms with E-state index in [1.165, 1.54) is 27.4 Å². The first-order valence-corrected chi connectivity index (χ1v) is 9.63. The summed E-state index contributed by atoms with van der Waals surface area (Å²) in [5, 5.41) is 8.69. The maximum absolute atomic E-state index is 12.0. The lowest BCUT2D eigenvalue weighted by molar-refractivity contribution is -0.139. The molecule has 0 radical (unpaired) electrons. The SMILES string of the molecule is COc1cc(-c2nnc(COC(=O)/C=C/c3ccc(Cl)c(Cl)c3)o2)cc(OC)c1OC. The number of halogens is 2. The van der Waals surface area contributed by atoms with Crippen LogP contribution in [0.5, 0.6) is 17.2 Å². The number of esters is 1. The van der Waals surface area contributed by atoms with Crippen LogP contribution in [0.4, 0.5) is 0 Å². The van der Waals surface area contributed by atoms with E-state index in [9.17, 15) is 4.79 Å². The van der Waals surface area contributed by atoms with Crippen molar-refractivity contribution < 1.29 is 28.2 Å². The van der Waals surface area contributed by atoms with Crippen LogP contribution in [0.1, 0.15) is 11.5 Å². The fourth-order valence-electron chi connectivity index (χ4n) is 2.59. The highest BCUT2D eigenvalue weighted by Gasteiger charge is 2.18. The predicted octanol–water partition coefficient (Wildman–Crippen LogP) is 4.83. The number of aromatic nitrogens is 2. The topological polar surface area (TPSA) is 92.9 Å². The van der Waals surface area contributed by atoms with Gasteiger partial charge in [0, 0.05) is 11.6 Å². The molecule has 2 aromatic carbocycles. The van der Waals surface area contributed by atoms with E-state index in [4.69, 9.17) is 46.6 Å². The normalized spacial score (nSPS) is 10.9. The third-order valence-corrected chi connectivity index (χ3v) is 4.81. The van der Waals surface area contributed by atoms with E-state index >= 15 is 0 Å². The van der Waals surface area contributed by atoms with Gasteiger partial charge in [-0.15, -0.1) is 10.2 Å². The molecule has 162 valence electrons. The van der Waals surface area contributed by atoms with Crippen LogP contribution in [0.15, 0.2) is 40.8 Å². The van der Waals surface area contributed by atoms with Crippen molar-refractivity contribution in [2.75, 3.05) is 21.3 Å². The van der Waals surface area contributed by atoms with Gasteiger partial charge in [-0.05, 0) is 35.9 Å². The summed E-state index contributed by atoms with van der Waals surface area (Å²) >= 11 is 11.8. The van der Waals surface area contributed by atoms with Crippen molar-refractivity contribution in [1.29, 1.82) is 0 Å². The molecule has 0 N–H and O–H groups in total. The van der Waals surface area contributed by atoms with Gasteiger partial charge in [0.25, 0.3) is 5.89 Å². The monoisotopic (exact) mass is 464 g/mol. The maximum atomic E-state index is 12.0. The number of carbonyl (C=O) groups is 1. The first-order valence-electron chi connectivity index (χ1n) is 8.87. The molecule has 0 aliphatic carbocycles. The summed E-state index contributed by atoms with van der Waals surface area (Å²) in [5.74, 6) is 1.07. The van der Waals surface area contributed by atoms with E-state index in [-0.39, 0.29) is 18.4 Å². The quantitative estimate of drug-likeness (QED) is 0.345. The second-order valence-electron chi connectivity index (χ2n) is 6.03. The molecule has 3 rings (SSSR count). The van der Waals surface area contributed by atoms with Crippen LogP contribution >= 0.6 is 23.2 Å². The second-order valence-corrected chi connectivity index (χ2v) is 6.84. The number of rotatable bonds is 8. The van der Waals surface area contributed by atoms with Gasteiger partial charge in [-0.25, -0.2) is 4.79 Å². The molecule has 0 atom stereocenters. The van der Waals surface area contributed by atoms with Crippen LogP contribution in [0.25, 0.3) is 17.5 Å². The Balaban J connectivity index is 1.67. The average molecular weight is 465 g/mol. The van der Waals surface area contributed by atoms with E-state index < -0.39 is 5.97 Å². The number of ether oxygens (including phenoxy) is 4. The van der Waals surface area contributed by atoms with Crippen molar-refractivity contribution in [1.82, 2.24) is 10.2 Å². The van der Waals surface area contributed by atoms with Gasteiger partial charge in [0.15, 0.2) is 18.1 Å². The molecule has 0 bridgehead atoms. The third kappa shape index (κ3) is 5.48. The summed E-state index contributed by atoms with van der Waals surface area (Å²) in [6.07, 6.45) is 2.82. The first kappa shape index (κ1) is 22.5. The molecule has 0 spiro atoms. The van der Waals surface area contributed by atoms with Gasteiger partial charge in [0.2, 0.25) is 11.6 Å². The zero-order chi connectivity index (χ0) is 22.4. The molecule has 0 saturated carbocycles. The van der Waals surface area contributed by atoms with Crippen LogP contribution in [0.2, 0.25) is 10.0 Å². The zero-order valence-corrected chi connectivity index (χ0v) is 18.4. The highest BCUT2D eigenvalue weighted by Crippen LogP contribution is 2.40. The van der Waals surface area contributed by atoms with Crippen molar-refractivity contribution in [3.05, 3.63) is 57.9 Å². The Bertz CT molecular complexity index is 1090. The van der Waals surface area contributed by atoms with Gasteiger partial charge in [0.05, 0.1) is 31.4 Å². The second kappa shape index (κ2) is 10.2. The Morgan fingerprint density at radius 1 is 1.00 bits per heavy atom. The fourth-order valence-corrected chi connectivity index (χ4v) is 2.90. The maximum Gasteiger partial charge on any atom is 0.331 e. The summed E-state index contributed by atoms with van der Waals surface area (Å²) in [7, 11) is 4.52.